The van der Waals surface area contributed by atoms with Crippen molar-refractivity contribution in [3.8, 4) is 0 Å². The molecule has 0 bridgehead atoms. The molecule has 2 atom stereocenters. The Morgan fingerprint density at radius 2 is 2.33 bits per heavy atom. The molecule has 21 heavy (non-hydrogen) atoms. The maximum Gasteiger partial charge on any atom is 0.0701 e. The van der Waals surface area contributed by atoms with E-state index < -0.39 is 0 Å². The van der Waals surface area contributed by atoms with Crippen LogP contribution in [-0.4, -0.2) is 39.5 Å². The van der Waals surface area contributed by atoms with Crippen molar-refractivity contribution in [2.75, 3.05) is 33.4 Å². The molecule has 1 N–H and O–H groups in total. The van der Waals surface area contributed by atoms with Gasteiger partial charge in [-0.05, 0) is 59.7 Å². The molecule has 2 fully saturated rings. The lowest BCUT2D eigenvalue weighted by Crippen LogP contribution is -2.44. The molecule has 1 aliphatic carbocycles. The van der Waals surface area contributed by atoms with Gasteiger partial charge < -0.3 is 14.8 Å². The Morgan fingerprint density at radius 3 is 3.00 bits per heavy atom. The zero-order chi connectivity index (χ0) is 14.7. The molecule has 1 aromatic heterocycles. The minimum Gasteiger partial charge on any atom is -0.383 e. The topological polar surface area (TPSA) is 30.5 Å². The normalized spacial score (nSPS) is 29.1. The van der Waals surface area contributed by atoms with Gasteiger partial charge in [-0.2, -0.15) is 0 Å². The van der Waals surface area contributed by atoms with Crippen LogP contribution in [0, 0.1) is 11.3 Å². The van der Waals surface area contributed by atoms with E-state index in [9.17, 15) is 0 Å². The Hall–Kier alpha value is 0.0600. The lowest BCUT2D eigenvalue weighted by atomic mass is 9.75. The standard InChI is InChI=1S/C16H24BrNO2S/c1-19-9-7-18-11-16(10-13-4-5-14(17)21-13)6-8-20-15(16)12-2-3-12/h4-5,12,15,18H,2-3,6-11H2,1H3. The van der Waals surface area contributed by atoms with Crippen LogP contribution in [0.5, 0.6) is 0 Å². The molecule has 1 aromatic rings. The number of methoxy groups -OCH3 is 1. The molecule has 2 heterocycles. The molecule has 0 amide bonds. The third kappa shape index (κ3) is 3.88. The molecule has 3 nitrogen and oxygen atoms in total. The van der Waals surface area contributed by atoms with Gasteiger partial charge in [-0.1, -0.05) is 0 Å². The van der Waals surface area contributed by atoms with E-state index in [-0.39, 0.29) is 5.41 Å². The monoisotopic (exact) mass is 373 g/mol. The second-order valence-corrected chi connectivity index (χ2v) is 8.84. The van der Waals surface area contributed by atoms with Gasteiger partial charge in [0.15, 0.2) is 0 Å². The second kappa shape index (κ2) is 7.09. The highest BCUT2D eigenvalue weighted by molar-refractivity contribution is 9.11. The van der Waals surface area contributed by atoms with Crippen LogP contribution < -0.4 is 5.32 Å². The fourth-order valence-corrected chi connectivity index (χ4v) is 5.13. The molecular weight excluding hydrogens is 350 g/mol. The van der Waals surface area contributed by atoms with E-state index in [4.69, 9.17) is 9.47 Å². The van der Waals surface area contributed by atoms with Gasteiger partial charge in [-0.15, -0.1) is 11.3 Å². The molecule has 3 rings (SSSR count). The van der Waals surface area contributed by atoms with Crippen LogP contribution in [0.25, 0.3) is 0 Å². The van der Waals surface area contributed by atoms with Crippen LogP contribution in [0.4, 0.5) is 0 Å². The van der Waals surface area contributed by atoms with Crippen molar-refractivity contribution >= 4 is 27.3 Å². The van der Waals surface area contributed by atoms with Gasteiger partial charge in [0, 0.05) is 37.1 Å². The van der Waals surface area contributed by atoms with Crippen molar-refractivity contribution in [3.05, 3.63) is 20.8 Å². The average molecular weight is 374 g/mol. The molecule has 1 saturated carbocycles. The Balaban J connectivity index is 1.70. The van der Waals surface area contributed by atoms with E-state index >= 15 is 0 Å². The smallest absolute Gasteiger partial charge is 0.0701 e. The van der Waals surface area contributed by atoms with E-state index in [0.29, 0.717) is 6.10 Å². The molecule has 5 heteroatoms. The molecule has 2 aliphatic rings. The van der Waals surface area contributed by atoms with Gasteiger partial charge in [0.25, 0.3) is 0 Å². The Kier molecular flexibility index (Phi) is 5.38. The van der Waals surface area contributed by atoms with Crippen LogP contribution in [0.3, 0.4) is 0 Å². The highest BCUT2D eigenvalue weighted by atomic mass is 79.9. The van der Waals surface area contributed by atoms with E-state index in [1.165, 1.54) is 27.9 Å². The van der Waals surface area contributed by atoms with Gasteiger partial charge in [-0.25, -0.2) is 0 Å². The fraction of sp³-hybridized carbons (Fsp3) is 0.750. The number of hydrogen-bond acceptors (Lipinski definition) is 4. The predicted molar refractivity (Wildman–Crippen MR) is 90.0 cm³/mol. The Bertz CT molecular complexity index is 463. The zero-order valence-electron chi connectivity index (χ0n) is 12.6. The van der Waals surface area contributed by atoms with Gasteiger partial charge >= 0.3 is 0 Å². The quantitative estimate of drug-likeness (QED) is 0.707. The first-order chi connectivity index (χ1) is 10.2. The molecule has 1 aliphatic heterocycles. The molecule has 0 aromatic carbocycles. The van der Waals surface area contributed by atoms with Crippen LogP contribution in [0.1, 0.15) is 24.1 Å². The van der Waals surface area contributed by atoms with Gasteiger partial charge in [0.05, 0.1) is 16.5 Å². The summed E-state index contributed by atoms with van der Waals surface area (Å²) in [5, 5.41) is 3.60. The number of thiophene rings is 1. The van der Waals surface area contributed by atoms with Crippen LogP contribution in [-0.2, 0) is 15.9 Å². The van der Waals surface area contributed by atoms with E-state index in [0.717, 1.165) is 38.6 Å². The third-order valence-electron chi connectivity index (χ3n) is 4.67. The number of halogens is 1. The summed E-state index contributed by atoms with van der Waals surface area (Å²) in [6.45, 7) is 3.64. The molecule has 0 spiro atoms. The van der Waals surface area contributed by atoms with Crippen LogP contribution in [0.2, 0.25) is 0 Å². The summed E-state index contributed by atoms with van der Waals surface area (Å²) < 4.78 is 12.5. The van der Waals surface area contributed by atoms with Crippen molar-refractivity contribution in [2.24, 2.45) is 11.3 Å². The summed E-state index contributed by atoms with van der Waals surface area (Å²) in [5.41, 5.74) is 0.263. The summed E-state index contributed by atoms with van der Waals surface area (Å²) in [6.07, 6.45) is 5.43. The predicted octanol–water partition coefficient (Wildman–Crippen LogP) is 3.47. The van der Waals surface area contributed by atoms with Crippen molar-refractivity contribution in [1.82, 2.24) is 5.32 Å². The van der Waals surface area contributed by atoms with Crippen molar-refractivity contribution in [1.29, 1.82) is 0 Å². The summed E-state index contributed by atoms with van der Waals surface area (Å²) >= 11 is 5.44. The Morgan fingerprint density at radius 1 is 1.48 bits per heavy atom. The average Bonchev–Trinajstić information content (AvgIpc) is 3.11. The number of hydrogen-bond donors (Lipinski definition) is 1. The highest BCUT2D eigenvalue weighted by Crippen LogP contribution is 2.49. The number of ether oxygens (including phenoxy) is 2. The van der Waals surface area contributed by atoms with Crippen molar-refractivity contribution in [3.63, 3.8) is 0 Å². The van der Waals surface area contributed by atoms with Gasteiger partial charge in [-0.3, -0.25) is 0 Å². The lowest BCUT2D eigenvalue weighted by molar-refractivity contribution is 0.0303. The third-order valence-corrected chi connectivity index (χ3v) is 6.29. The second-order valence-electron chi connectivity index (χ2n) is 6.29. The zero-order valence-corrected chi connectivity index (χ0v) is 15.0. The lowest BCUT2D eigenvalue weighted by Gasteiger charge is -2.34. The molecular formula is C16H24BrNO2S. The first kappa shape index (κ1) is 15.9. The van der Waals surface area contributed by atoms with Crippen molar-refractivity contribution in [2.45, 2.75) is 31.8 Å². The maximum atomic E-state index is 6.15. The first-order valence-electron chi connectivity index (χ1n) is 7.79. The van der Waals surface area contributed by atoms with E-state index in [1.54, 1.807) is 7.11 Å². The fourth-order valence-electron chi connectivity index (χ4n) is 3.49. The molecule has 118 valence electrons. The van der Waals surface area contributed by atoms with Gasteiger partial charge in [0.2, 0.25) is 0 Å². The van der Waals surface area contributed by atoms with Crippen LogP contribution >= 0.6 is 27.3 Å². The van der Waals surface area contributed by atoms with Crippen molar-refractivity contribution < 1.29 is 9.47 Å². The number of rotatable bonds is 8. The summed E-state index contributed by atoms with van der Waals surface area (Å²) in [4.78, 5) is 1.46. The SMILES string of the molecule is COCCNCC1(Cc2ccc(Br)s2)CCOC1C1CC1. The van der Waals surface area contributed by atoms with E-state index in [1.807, 2.05) is 11.3 Å². The van der Waals surface area contributed by atoms with E-state index in [2.05, 4.69) is 33.4 Å². The summed E-state index contributed by atoms with van der Waals surface area (Å²) in [6, 6.07) is 4.42. The van der Waals surface area contributed by atoms with Crippen LogP contribution in [0.15, 0.2) is 15.9 Å². The Labute approximate surface area is 139 Å². The summed E-state index contributed by atoms with van der Waals surface area (Å²) in [5.74, 6) is 0.792. The first-order valence-corrected chi connectivity index (χ1v) is 9.40. The number of nitrogens with one attached hydrogen (secondary N) is 1. The minimum atomic E-state index is 0.263. The maximum absolute atomic E-state index is 6.15. The van der Waals surface area contributed by atoms with Gasteiger partial charge in [0.1, 0.15) is 0 Å². The summed E-state index contributed by atoms with van der Waals surface area (Å²) in [7, 11) is 1.76. The molecule has 0 radical (unpaired) electrons. The highest BCUT2D eigenvalue weighted by Gasteiger charge is 2.50. The minimum absolute atomic E-state index is 0.263. The largest absolute Gasteiger partial charge is 0.383 e. The molecule has 1 saturated heterocycles. The molecule has 2 unspecified atom stereocenters.